The van der Waals surface area contributed by atoms with E-state index in [1.165, 1.54) is 12.1 Å². The Morgan fingerprint density at radius 1 is 0.789 bits per heavy atom. The van der Waals surface area contributed by atoms with Crippen molar-refractivity contribution in [2.45, 2.75) is 0 Å². The molecule has 0 spiro atoms. The monoisotopic (exact) mass is 369 g/mol. The molecule has 0 saturated heterocycles. The van der Waals surface area contributed by atoms with Gasteiger partial charge in [0.25, 0.3) is 0 Å². The van der Waals surface area contributed by atoms with E-state index in [9.17, 15) is 20.2 Å². The molecule has 0 amide bonds. The van der Waals surface area contributed by atoms with Crippen LogP contribution in [-0.2, 0) is 0 Å². The Balaban J connectivity index is 2.10. The number of nitrogens with zero attached hydrogens (tertiary/aromatic N) is 2. The van der Waals surface area contributed by atoms with Gasteiger partial charge >= 0.3 is 117 Å². The van der Waals surface area contributed by atoms with Gasteiger partial charge in [-0.2, -0.15) is 0 Å². The first-order valence-electron chi connectivity index (χ1n) is 5.28. The van der Waals surface area contributed by atoms with E-state index in [0.29, 0.717) is 0 Å². The zero-order valence-corrected chi connectivity index (χ0v) is 11.5. The molecule has 96 valence electrons. The van der Waals surface area contributed by atoms with Gasteiger partial charge in [0, 0.05) is 0 Å². The first-order valence-corrected chi connectivity index (χ1v) is 7.44. The molecule has 0 radical (unpaired) electrons. The average molecular weight is 369 g/mol. The van der Waals surface area contributed by atoms with Gasteiger partial charge in [-0.15, -0.1) is 0 Å². The molecule has 0 aromatic heterocycles. The molecule has 1 heterocycles. The molecule has 6 nitrogen and oxygen atoms in total. The van der Waals surface area contributed by atoms with E-state index in [-0.39, 0.29) is 11.4 Å². The third-order valence-electron chi connectivity index (χ3n) is 2.82. The molecule has 0 atom stereocenters. The molecule has 2 aromatic rings. The Labute approximate surface area is 117 Å². The van der Waals surface area contributed by atoms with Crippen LogP contribution in [0.5, 0.6) is 0 Å². The van der Waals surface area contributed by atoms with Crippen LogP contribution in [0, 0.1) is 27.4 Å². The van der Waals surface area contributed by atoms with Gasteiger partial charge in [0.15, 0.2) is 0 Å². The SMILES string of the molecule is O=[N+]([O-])c1ccc2c(c1)[I-]c1cc([N+](=O)[O-])ccc1-2. The zero-order chi connectivity index (χ0) is 13.6. The Bertz CT molecular complexity index is 668. The molecule has 0 aliphatic carbocycles. The van der Waals surface area contributed by atoms with Gasteiger partial charge in [-0.05, 0) is 0 Å². The Morgan fingerprint density at radius 2 is 1.21 bits per heavy atom. The minimum absolute atomic E-state index is 0.0701. The fraction of sp³-hybridized carbons (Fsp3) is 0. The predicted molar refractivity (Wildman–Crippen MR) is 62.6 cm³/mol. The minimum atomic E-state index is -0.591. The zero-order valence-electron chi connectivity index (χ0n) is 9.37. The molecule has 0 saturated carbocycles. The summed E-state index contributed by atoms with van der Waals surface area (Å²) in [6.07, 6.45) is 0. The van der Waals surface area contributed by atoms with Crippen LogP contribution < -0.4 is 21.2 Å². The summed E-state index contributed by atoms with van der Waals surface area (Å²) in [4.78, 5) is 20.6. The van der Waals surface area contributed by atoms with E-state index in [2.05, 4.69) is 0 Å². The summed E-state index contributed by atoms with van der Waals surface area (Å²) in [5, 5.41) is 21.5. The summed E-state index contributed by atoms with van der Waals surface area (Å²) in [7, 11) is 0. The van der Waals surface area contributed by atoms with Crippen LogP contribution >= 0.6 is 0 Å². The second-order valence-electron chi connectivity index (χ2n) is 3.94. The fourth-order valence-corrected chi connectivity index (χ4v) is 5.04. The molecule has 0 fully saturated rings. The second-order valence-corrected chi connectivity index (χ2v) is 6.80. The van der Waals surface area contributed by atoms with Gasteiger partial charge in [0.05, 0.1) is 0 Å². The summed E-state index contributed by atoms with van der Waals surface area (Å²) < 4.78 is 1.90. The first-order chi connectivity index (χ1) is 9.06. The molecule has 0 bridgehead atoms. The maximum absolute atomic E-state index is 10.7. The third-order valence-corrected chi connectivity index (χ3v) is 5.77. The van der Waals surface area contributed by atoms with Crippen LogP contribution in [0.1, 0.15) is 0 Å². The molecule has 0 unspecified atom stereocenters. The van der Waals surface area contributed by atoms with Crippen LogP contribution in [0.3, 0.4) is 0 Å². The van der Waals surface area contributed by atoms with Crippen molar-refractivity contribution in [3.8, 4) is 11.1 Å². The number of non-ortho nitro benzene ring substituents is 2. The van der Waals surface area contributed by atoms with Crippen LogP contribution in [0.2, 0.25) is 0 Å². The van der Waals surface area contributed by atoms with Gasteiger partial charge in [-0.25, -0.2) is 0 Å². The van der Waals surface area contributed by atoms with Crippen LogP contribution in [0.4, 0.5) is 11.4 Å². The van der Waals surface area contributed by atoms with Gasteiger partial charge in [0.2, 0.25) is 0 Å². The second kappa shape index (κ2) is 4.26. The van der Waals surface area contributed by atoms with Crippen LogP contribution in [0.15, 0.2) is 36.4 Å². The van der Waals surface area contributed by atoms with E-state index in [4.69, 9.17) is 0 Å². The van der Waals surface area contributed by atoms with Gasteiger partial charge in [0.1, 0.15) is 0 Å². The van der Waals surface area contributed by atoms with Crippen molar-refractivity contribution < 1.29 is 31.1 Å². The van der Waals surface area contributed by atoms with Crippen molar-refractivity contribution in [1.29, 1.82) is 0 Å². The van der Waals surface area contributed by atoms with Crippen molar-refractivity contribution >= 4 is 11.4 Å². The fourth-order valence-electron chi connectivity index (χ4n) is 1.94. The number of nitro benzene ring substituents is 2. The Hall–Kier alpha value is -2.03. The van der Waals surface area contributed by atoms with Gasteiger partial charge in [-0.1, -0.05) is 0 Å². The first kappa shape index (κ1) is 12.0. The van der Waals surface area contributed by atoms with Crippen molar-refractivity contribution in [3.05, 3.63) is 63.8 Å². The van der Waals surface area contributed by atoms with Crippen molar-refractivity contribution in [3.63, 3.8) is 0 Å². The molecule has 1 aliphatic rings. The molecule has 19 heavy (non-hydrogen) atoms. The van der Waals surface area contributed by atoms with Crippen molar-refractivity contribution in [2.24, 2.45) is 0 Å². The molecule has 1 aliphatic heterocycles. The molecule has 2 aromatic carbocycles. The Morgan fingerprint density at radius 3 is 1.58 bits per heavy atom. The number of hydrogen-bond donors (Lipinski definition) is 0. The van der Waals surface area contributed by atoms with E-state index in [1.54, 1.807) is 24.3 Å². The van der Waals surface area contributed by atoms with Gasteiger partial charge < -0.3 is 0 Å². The number of hydrogen-bond acceptors (Lipinski definition) is 4. The number of fused-ring (bicyclic) bond motifs is 3. The third kappa shape index (κ3) is 1.95. The summed E-state index contributed by atoms with van der Waals surface area (Å²) in [6, 6.07) is 9.55. The molecular formula is C12H6IN2O4-. The number of nitro groups is 2. The Kier molecular flexibility index (Phi) is 2.70. The number of rotatable bonds is 2. The number of halogens is 1. The van der Waals surface area contributed by atoms with Crippen LogP contribution in [-0.4, -0.2) is 9.85 Å². The summed E-state index contributed by atoms with van der Waals surface area (Å²) in [5.74, 6) is 0. The number of benzene rings is 2. The molecular weight excluding hydrogens is 363 g/mol. The normalized spacial score (nSPS) is 12.2. The topological polar surface area (TPSA) is 86.3 Å². The van der Waals surface area contributed by atoms with E-state index in [1.807, 2.05) is 0 Å². The van der Waals surface area contributed by atoms with E-state index in [0.717, 1.165) is 18.3 Å². The summed E-state index contributed by atoms with van der Waals surface area (Å²) in [6.45, 7) is 0. The van der Waals surface area contributed by atoms with Crippen LogP contribution in [0.25, 0.3) is 11.1 Å². The maximum atomic E-state index is 10.7. The molecule has 7 heteroatoms. The van der Waals surface area contributed by atoms with Crippen molar-refractivity contribution in [1.82, 2.24) is 0 Å². The molecule has 3 rings (SSSR count). The summed E-state index contributed by atoms with van der Waals surface area (Å²) in [5.41, 5.74) is 2.06. The standard InChI is InChI=1S/C12H6IN2O4/c16-14(17)7-1-3-9-10-4-2-8(15(18)19)6-12(10)13-11(9)5-7/h1-6H/q-1. The molecule has 0 N–H and O–H groups in total. The van der Waals surface area contributed by atoms with E-state index >= 15 is 0 Å². The average Bonchev–Trinajstić information content (AvgIpc) is 2.74. The predicted octanol–water partition coefficient (Wildman–Crippen LogP) is -0.388. The van der Waals surface area contributed by atoms with E-state index < -0.39 is 31.1 Å². The quantitative estimate of drug-likeness (QED) is 0.350. The van der Waals surface area contributed by atoms with Crippen molar-refractivity contribution in [2.75, 3.05) is 0 Å². The van der Waals surface area contributed by atoms with Gasteiger partial charge in [-0.3, -0.25) is 0 Å². The summed E-state index contributed by atoms with van der Waals surface area (Å²) >= 11 is -0.591.